The predicted octanol–water partition coefficient (Wildman–Crippen LogP) is 2.12. The average molecular weight is 248 g/mol. The number of nitrogens with one attached hydrogen (secondary N) is 2. The molecule has 100 valence electrons. The molecule has 0 aliphatic heterocycles. The van der Waals surface area contributed by atoms with Gasteiger partial charge in [-0.05, 0) is 39.2 Å². The normalized spacial score (nSPS) is 13.1. The molecule has 1 aromatic carbocycles. The van der Waals surface area contributed by atoms with E-state index in [1.54, 1.807) is 7.05 Å². The van der Waals surface area contributed by atoms with Crippen LogP contribution >= 0.6 is 0 Å². The Hall–Kier alpha value is -1.35. The maximum absolute atomic E-state index is 11.5. The topological polar surface area (TPSA) is 41.1 Å². The Balaban J connectivity index is 2.47. The smallest absolute Gasteiger partial charge is 0.236 e. The van der Waals surface area contributed by atoms with E-state index in [0.717, 1.165) is 12.8 Å². The highest BCUT2D eigenvalue weighted by Crippen LogP contribution is 2.14. The second kappa shape index (κ2) is 6.55. The SMILES string of the molecule is CNC(=O)C(C)NC(C)(C)CCc1ccccc1. The van der Waals surface area contributed by atoms with E-state index in [0.29, 0.717) is 0 Å². The Morgan fingerprint density at radius 2 is 1.89 bits per heavy atom. The van der Waals surface area contributed by atoms with Gasteiger partial charge in [0.2, 0.25) is 5.91 Å². The van der Waals surface area contributed by atoms with Crippen LogP contribution in [0.25, 0.3) is 0 Å². The lowest BCUT2D eigenvalue weighted by molar-refractivity contribution is -0.122. The van der Waals surface area contributed by atoms with Crippen molar-refractivity contribution in [1.29, 1.82) is 0 Å². The van der Waals surface area contributed by atoms with Gasteiger partial charge in [-0.1, -0.05) is 30.3 Å². The number of amides is 1. The van der Waals surface area contributed by atoms with Crippen LogP contribution in [0.1, 0.15) is 32.8 Å². The number of aryl methyl sites for hydroxylation is 1. The third kappa shape index (κ3) is 4.88. The molecule has 3 nitrogen and oxygen atoms in total. The molecule has 0 heterocycles. The zero-order valence-corrected chi connectivity index (χ0v) is 11.8. The van der Waals surface area contributed by atoms with Gasteiger partial charge in [0.25, 0.3) is 0 Å². The molecular weight excluding hydrogens is 224 g/mol. The summed E-state index contributed by atoms with van der Waals surface area (Å²) < 4.78 is 0. The first kappa shape index (κ1) is 14.7. The second-order valence-corrected chi connectivity index (χ2v) is 5.35. The fraction of sp³-hybridized carbons (Fsp3) is 0.533. The minimum absolute atomic E-state index is 0.0304. The molecule has 0 aromatic heterocycles. The molecule has 0 bridgehead atoms. The van der Waals surface area contributed by atoms with E-state index in [1.807, 2.05) is 13.0 Å². The molecule has 1 aromatic rings. The predicted molar refractivity (Wildman–Crippen MR) is 75.5 cm³/mol. The Bertz CT molecular complexity index is 373. The van der Waals surface area contributed by atoms with E-state index in [2.05, 4.69) is 48.7 Å². The molecule has 3 heteroatoms. The first-order valence-electron chi connectivity index (χ1n) is 6.48. The van der Waals surface area contributed by atoms with Gasteiger partial charge in [-0.2, -0.15) is 0 Å². The number of carbonyl (C=O) groups excluding carboxylic acids is 1. The number of hydrogen-bond acceptors (Lipinski definition) is 2. The van der Waals surface area contributed by atoms with Gasteiger partial charge in [0.1, 0.15) is 0 Å². The molecule has 0 aliphatic rings. The van der Waals surface area contributed by atoms with Crippen molar-refractivity contribution in [2.45, 2.75) is 45.2 Å². The lowest BCUT2D eigenvalue weighted by atomic mass is 9.94. The fourth-order valence-electron chi connectivity index (χ4n) is 2.04. The quantitative estimate of drug-likeness (QED) is 0.809. The van der Waals surface area contributed by atoms with Crippen molar-refractivity contribution < 1.29 is 4.79 Å². The molecule has 1 atom stereocenters. The Morgan fingerprint density at radius 3 is 2.44 bits per heavy atom. The number of hydrogen-bond donors (Lipinski definition) is 2. The molecule has 0 radical (unpaired) electrons. The lowest BCUT2D eigenvalue weighted by Crippen LogP contribution is -2.51. The molecule has 0 saturated heterocycles. The van der Waals surface area contributed by atoms with Crippen molar-refractivity contribution in [3.63, 3.8) is 0 Å². The summed E-state index contributed by atoms with van der Waals surface area (Å²) in [6, 6.07) is 10.3. The molecular formula is C15H24N2O. The highest BCUT2D eigenvalue weighted by atomic mass is 16.2. The van der Waals surface area contributed by atoms with Crippen LogP contribution in [-0.2, 0) is 11.2 Å². The fourth-order valence-corrected chi connectivity index (χ4v) is 2.04. The van der Waals surface area contributed by atoms with Crippen LogP contribution in [0, 0.1) is 0 Å². The Morgan fingerprint density at radius 1 is 1.28 bits per heavy atom. The minimum Gasteiger partial charge on any atom is -0.358 e. The standard InChI is InChI=1S/C15H24N2O/c1-12(14(18)16-4)17-15(2,3)11-10-13-8-6-5-7-9-13/h5-9,12,17H,10-11H2,1-4H3,(H,16,18). The van der Waals surface area contributed by atoms with Crippen LogP contribution in [0.4, 0.5) is 0 Å². The number of rotatable bonds is 6. The molecule has 18 heavy (non-hydrogen) atoms. The molecule has 1 unspecified atom stereocenters. The molecule has 1 rings (SSSR count). The zero-order valence-electron chi connectivity index (χ0n) is 11.8. The number of benzene rings is 1. The van der Waals surface area contributed by atoms with Crippen molar-refractivity contribution in [2.24, 2.45) is 0 Å². The zero-order chi connectivity index (χ0) is 13.6. The van der Waals surface area contributed by atoms with Crippen molar-refractivity contribution >= 4 is 5.91 Å². The number of carbonyl (C=O) groups is 1. The maximum Gasteiger partial charge on any atom is 0.236 e. The van der Waals surface area contributed by atoms with E-state index in [-0.39, 0.29) is 17.5 Å². The van der Waals surface area contributed by atoms with E-state index in [9.17, 15) is 4.79 Å². The third-order valence-electron chi connectivity index (χ3n) is 3.13. The van der Waals surface area contributed by atoms with Gasteiger partial charge in [-0.25, -0.2) is 0 Å². The van der Waals surface area contributed by atoms with Gasteiger partial charge in [-0.3, -0.25) is 4.79 Å². The first-order valence-corrected chi connectivity index (χ1v) is 6.48. The summed E-state index contributed by atoms with van der Waals surface area (Å²) in [5.41, 5.74) is 1.28. The molecule has 0 saturated carbocycles. The summed E-state index contributed by atoms with van der Waals surface area (Å²) in [4.78, 5) is 11.5. The number of likely N-dealkylation sites (N-methyl/N-ethyl adjacent to an activating group) is 1. The van der Waals surface area contributed by atoms with E-state index in [4.69, 9.17) is 0 Å². The van der Waals surface area contributed by atoms with Crippen LogP contribution in [0.2, 0.25) is 0 Å². The summed E-state index contributed by atoms with van der Waals surface area (Å²) in [5.74, 6) is 0.0304. The van der Waals surface area contributed by atoms with Crippen LogP contribution in [-0.4, -0.2) is 24.5 Å². The van der Waals surface area contributed by atoms with Crippen LogP contribution in [0.15, 0.2) is 30.3 Å². The first-order chi connectivity index (χ1) is 8.44. The lowest BCUT2D eigenvalue weighted by Gasteiger charge is -2.29. The van der Waals surface area contributed by atoms with Crippen LogP contribution < -0.4 is 10.6 Å². The van der Waals surface area contributed by atoms with Crippen molar-refractivity contribution in [3.05, 3.63) is 35.9 Å². The molecule has 0 aliphatic carbocycles. The molecule has 0 spiro atoms. The highest BCUT2D eigenvalue weighted by molar-refractivity contribution is 5.81. The van der Waals surface area contributed by atoms with Gasteiger partial charge in [0.05, 0.1) is 6.04 Å². The van der Waals surface area contributed by atoms with E-state index >= 15 is 0 Å². The van der Waals surface area contributed by atoms with Gasteiger partial charge in [0.15, 0.2) is 0 Å². The molecule has 0 fully saturated rings. The van der Waals surface area contributed by atoms with Gasteiger partial charge in [-0.15, -0.1) is 0 Å². The van der Waals surface area contributed by atoms with Gasteiger partial charge in [0, 0.05) is 12.6 Å². The monoisotopic (exact) mass is 248 g/mol. The molecule has 1 amide bonds. The van der Waals surface area contributed by atoms with Crippen LogP contribution in [0.3, 0.4) is 0 Å². The summed E-state index contributed by atoms with van der Waals surface area (Å²) in [7, 11) is 1.66. The van der Waals surface area contributed by atoms with Gasteiger partial charge >= 0.3 is 0 Å². The van der Waals surface area contributed by atoms with E-state index in [1.165, 1.54) is 5.56 Å². The highest BCUT2D eigenvalue weighted by Gasteiger charge is 2.22. The average Bonchev–Trinajstić information content (AvgIpc) is 2.36. The summed E-state index contributed by atoms with van der Waals surface area (Å²) in [6.45, 7) is 6.16. The third-order valence-corrected chi connectivity index (χ3v) is 3.13. The minimum atomic E-state index is -0.166. The Kier molecular flexibility index (Phi) is 5.35. The molecule has 2 N–H and O–H groups in total. The maximum atomic E-state index is 11.5. The summed E-state index contributed by atoms with van der Waals surface area (Å²) in [5, 5.41) is 6.02. The van der Waals surface area contributed by atoms with E-state index < -0.39 is 0 Å². The largest absolute Gasteiger partial charge is 0.358 e. The summed E-state index contributed by atoms with van der Waals surface area (Å²) >= 11 is 0. The summed E-state index contributed by atoms with van der Waals surface area (Å²) in [6.07, 6.45) is 2.01. The van der Waals surface area contributed by atoms with Crippen LogP contribution in [0.5, 0.6) is 0 Å². The second-order valence-electron chi connectivity index (χ2n) is 5.35. The van der Waals surface area contributed by atoms with Crippen molar-refractivity contribution in [1.82, 2.24) is 10.6 Å². The Labute approximate surface area is 110 Å². The van der Waals surface area contributed by atoms with Gasteiger partial charge < -0.3 is 10.6 Å². The van der Waals surface area contributed by atoms with Crippen molar-refractivity contribution in [3.8, 4) is 0 Å². The van der Waals surface area contributed by atoms with Crippen molar-refractivity contribution in [2.75, 3.05) is 7.05 Å².